The molecule has 2 nitrogen and oxygen atoms in total. The van der Waals surface area contributed by atoms with Crippen LogP contribution in [-0.4, -0.2) is 32.2 Å². The molecule has 2 aromatic carbocycles. The Morgan fingerprint density at radius 2 is 1.61 bits per heavy atom. The maximum absolute atomic E-state index is 5.99. The van der Waals surface area contributed by atoms with Crippen molar-refractivity contribution in [1.82, 2.24) is 0 Å². The van der Waals surface area contributed by atoms with Crippen LogP contribution in [0, 0.1) is 0 Å². The fourth-order valence-corrected chi connectivity index (χ4v) is 4.28. The third-order valence-corrected chi connectivity index (χ3v) is 5.77. The number of hydrogen-bond donors (Lipinski definition) is 1. The molecule has 23 heavy (non-hydrogen) atoms. The fraction of sp³-hybridized carbons (Fsp3) is 0.400. The number of piperazine rings is 1. The highest BCUT2D eigenvalue weighted by Crippen LogP contribution is 2.21. The van der Waals surface area contributed by atoms with Crippen molar-refractivity contribution in [3.8, 4) is 0 Å². The third-order valence-electron chi connectivity index (χ3n) is 5.52. The van der Waals surface area contributed by atoms with Gasteiger partial charge in [0, 0.05) is 23.6 Å². The molecule has 2 aromatic rings. The first-order chi connectivity index (χ1) is 11.3. The third kappa shape index (κ3) is 3.24. The number of fused-ring (bicyclic) bond motifs is 1. The molecule has 1 N–H and O–H groups in total. The van der Waals surface area contributed by atoms with Crippen LogP contribution in [0.25, 0.3) is 0 Å². The van der Waals surface area contributed by atoms with E-state index in [0.717, 1.165) is 24.2 Å². The van der Waals surface area contributed by atoms with Gasteiger partial charge < -0.3 is 9.80 Å². The first-order valence-corrected chi connectivity index (χ1v) is 9.09. The summed E-state index contributed by atoms with van der Waals surface area (Å²) < 4.78 is 0. The smallest absolute Gasteiger partial charge is 0.0951 e. The molecule has 0 unspecified atom stereocenters. The molecule has 2 aliphatic rings. The van der Waals surface area contributed by atoms with Gasteiger partial charge in [-0.3, -0.25) is 0 Å². The van der Waals surface area contributed by atoms with E-state index in [1.54, 1.807) is 16.0 Å². The Hall–Kier alpha value is -1.51. The molecule has 1 aliphatic carbocycles. The lowest BCUT2D eigenvalue weighted by Crippen LogP contribution is -3.18. The van der Waals surface area contributed by atoms with Gasteiger partial charge in [0.1, 0.15) is 0 Å². The van der Waals surface area contributed by atoms with Crippen molar-refractivity contribution >= 4 is 17.3 Å². The standard InChI is InChI=1S/C20H23ClN2/c21-18-6-9-19(10-7-18)22-11-13-23(14-12-22)20-8-5-16-3-1-2-4-17(16)15-20/h1-4,6-7,9-10,20H,5,8,11-15H2/p+1/t20-/m0/s1. The molecule has 120 valence electrons. The minimum Gasteiger partial charge on any atom is -0.360 e. The van der Waals surface area contributed by atoms with Gasteiger partial charge in [0.05, 0.1) is 32.2 Å². The van der Waals surface area contributed by atoms with E-state index in [1.165, 1.54) is 38.0 Å². The van der Waals surface area contributed by atoms with Gasteiger partial charge in [-0.2, -0.15) is 0 Å². The lowest BCUT2D eigenvalue weighted by Gasteiger charge is -2.39. The zero-order valence-electron chi connectivity index (χ0n) is 13.5. The summed E-state index contributed by atoms with van der Waals surface area (Å²) in [5.74, 6) is 0. The van der Waals surface area contributed by atoms with E-state index in [4.69, 9.17) is 11.6 Å². The summed E-state index contributed by atoms with van der Waals surface area (Å²) in [5.41, 5.74) is 4.46. The predicted octanol–water partition coefficient (Wildman–Crippen LogP) is 2.60. The van der Waals surface area contributed by atoms with Gasteiger partial charge in [-0.05, 0) is 41.8 Å². The van der Waals surface area contributed by atoms with E-state index in [1.807, 2.05) is 12.1 Å². The molecule has 0 spiro atoms. The highest BCUT2D eigenvalue weighted by Gasteiger charge is 2.30. The number of quaternary nitrogens is 1. The second-order valence-electron chi connectivity index (χ2n) is 6.83. The Morgan fingerprint density at radius 1 is 0.913 bits per heavy atom. The molecule has 1 aliphatic heterocycles. The number of rotatable bonds is 2. The Bertz CT molecular complexity index is 660. The summed E-state index contributed by atoms with van der Waals surface area (Å²) >= 11 is 5.99. The lowest BCUT2D eigenvalue weighted by atomic mass is 9.87. The van der Waals surface area contributed by atoms with Gasteiger partial charge in [-0.15, -0.1) is 0 Å². The summed E-state index contributed by atoms with van der Waals surface area (Å²) in [7, 11) is 0. The van der Waals surface area contributed by atoms with Crippen molar-refractivity contribution in [2.24, 2.45) is 0 Å². The summed E-state index contributed by atoms with van der Waals surface area (Å²) in [4.78, 5) is 4.29. The van der Waals surface area contributed by atoms with Crippen molar-refractivity contribution in [2.45, 2.75) is 25.3 Å². The summed E-state index contributed by atoms with van der Waals surface area (Å²) in [6.45, 7) is 4.79. The Balaban J connectivity index is 1.38. The number of nitrogens with one attached hydrogen (secondary N) is 1. The van der Waals surface area contributed by atoms with E-state index in [-0.39, 0.29) is 0 Å². The molecule has 3 heteroatoms. The monoisotopic (exact) mass is 327 g/mol. The Labute approximate surface area is 143 Å². The molecule has 0 aromatic heterocycles. The molecule has 1 atom stereocenters. The summed E-state index contributed by atoms with van der Waals surface area (Å²) in [6.07, 6.45) is 3.85. The Morgan fingerprint density at radius 3 is 2.35 bits per heavy atom. The number of anilines is 1. The van der Waals surface area contributed by atoms with Crippen molar-refractivity contribution in [2.75, 3.05) is 31.1 Å². The van der Waals surface area contributed by atoms with Gasteiger partial charge >= 0.3 is 0 Å². The summed E-state index contributed by atoms with van der Waals surface area (Å²) in [5, 5.41) is 0.818. The number of benzene rings is 2. The molecule has 1 saturated heterocycles. The van der Waals surface area contributed by atoms with Crippen molar-refractivity contribution < 1.29 is 4.90 Å². The highest BCUT2D eigenvalue weighted by molar-refractivity contribution is 6.30. The molecule has 0 bridgehead atoms. The van der Waals surface area contributed by atoms with Crippen LogP contribution in [0.1, 0.15) is 17.5 Å². The van der Waals surface area contributed by atoms with E-state index >= 15 is 0 Å². The van der Waals surface area contributed by atoms with Gasteiger partial charge in [0.2, 0.25) is 0 Å². The normalized spacial score (nSPS) is 22.0. The van der Waals surface area contributed by atoms with E-state index in [2.05, 4.69) is 41.3 Å². The first-order valence-electron chi connectivity index (χ1n) is 8.71. The molecule has 0 saturated carbocycles. The second kappa shape index (κ2) is 6.54. The predicted molar refractivity (Wildman–Crippen MR) is 96.6 cm³/mol. The van der Waals surface area contributed by atoms with Crippen molar-refractivity contribution in [3.05, 3.63) is 64.7 Å². The molecule has 0 amide bonds. The fourth-order valence-electron chi connectivity index (χ4n) is 4.16. The average molecular weight is 328 g/mol. The number of nitrogens with zero attached hydrogens (tertiary/aromatic N) is 1. The maximum Gasteiger partial charge on any atom is 0.0951 e. The van der Waals surface area contributed by atoms with Crippen LogP contribution in [0.15, 0.2) is 48.5 Å². The number of aryl methyl sites for hydroxylation is 1. The van der Waals surface area contributed by atoms with Gasteiger partial charge in [-0.1, -0.05) is 35.9 Å². The van der Waals surface area contributed by atoms with Gasteiger partial charge in [-0.25, -0.2) is 0 Å². The first kappa shape index (κ1) is 15.0. The molecule has 0 radical (unpaired) electrons. The summed E-state index contributed by atoms with van der Waals surface area (Å²) in [6, 6.07) is 18.1. The van der Waals surface area contributed by atoms with Crippen LogP contribution in [0.2, 0.25) is 5.02 Å². The Kier molecular flexibility index (Phi) is 4.28. The number of halogens is 1. The van der Waals surface area contributed by atoms with Gasteiger partial charge in [0.15, 0.2) is 0 Å². The quantitative estimate of drug-likeness (QED) is 0.891. The molecule has 4 rings (SSSR count). The molecular formula is C20H24ClN2+. The number of hydrogen-bond acceptors (Lipinski definition) is 1. The van der Waals surface area contributed by atoms with Crippen molar-refractivity contribution in [3.63, 3.8) is 0 Å². The van der Waals surface area contributed by atoms with Crippen LogP contribution in [0.5, 0.6) is 0 Å². The average Bonchev–Trinajstić information content (AvgIpc) is 2.62. The zero-order valence-corrected chi connectivity index (χ0v) is 14.2. The maximum atomic E-state index is 5.99. The second-order valence-corrected chi connectivity index (χ2v) is 7.27. The minimum atomic E-state index is 0.803. The highest BCUT2D eigenvalue weighted by atomic mass is 35.5. The van der Waals surface area contributed by atoms with Crippen LogP contribution in [0.3, 0.4) is 0 Å². The van der Waals surface area contributed by atoms with Crippen LogP contribution in [0.4, 0.5) is 5.69 Å². The van der Waals surface area contributed by atoms with Crippen LogP contribution >= 0.6 is 11.6 Å². The van der Waals surface area contributed by atoms with E-state index in [9.17, 15) is 0 Å². The topological polar surface area (TPSA) is 7.68 Å². The van der Waals surface area contributed by atoms with Crippen molar-refractivity contribution in [1.29, 1.82) is 0 Å². The van der Waals surface area contributed by atoms with E-state index < -0.39 is 0 Å². The van der Waals surface area contributed by atoms with Crippen LogP contribution in [-0.2, 0) is 12.8 Å². The largest absolute Gasteiger partial charge is 0.360 e. The molecular weight excluding hydrogens is 304 g/mol. The minimum absolute atomic E-state index is 0.803. The van der Waals surface area contributed by atoms with Gasteiger partial charge in [0.25, 0.3) is 0 Å². The van der Waals surface area contributed by atoms with E-state index in [0.29, 0.717) is 0 Å². The zero-order chi connectivity index (χ0) is 15.6. The molecule has 1 fully saturated rings. The SMILES string of the molecule is Clc1ccc(N2CC[NH+]([C@H]3CCc4ccccc4C3)CC2)cc1. The lowest BCUT2D eigenvalue weighted by molar-refractivity contribution is -0.926. The molecule has 1 heterocycles. The van der Waals surface area contributed by atoms with Crippen LogP contribution < -0.4 is 9.80 Å².